The van der Waals surface area contributed by atoms with Gasteiger partial charge in [0.2, 0.25) is 0 Å². The second-order valence-electron chi connectivity index (χ2n) is 6.23. The van der Waals surface area contributed by atoms with E-state index in [9.17, 15) is 8.42 Å². The molecule has 0 unspecified atom stereocenters. The largest absolute Gasteiger partial charge is 0.279 e. The van der Waals surface area contributed by atoms with Crippen LogP contribution in [-0.4, -0.2) is 8.42 Å². The Labute approximate surface area is 139 Å². The van der Waals surface area contributed by atoms with Gasteiger partial charge in [-0.1, -0.05) is 49.7 Å². The topological polar surface area (TPSA) is 46.2 Å². The Hall–Kier alpha value is -1.81. The second-order valence-corrected chi connectivity index (χ2v) is 7.85. The van der Waals surface area contributed by atoms with Crippen LogP contribution in [0.2, 0.25) is 0 Å². The van der Waals surface area contributed by atoms with Crippen molar-refractivity contribution in [2.45, 2.75) is 51.9 Å². The van der Waals surface area contributed by atoms with E-state index in [4.69, 9.17) is 0 Å². The van der Waals surface area contributed by atoms with Gasteiger partial charge in [0, 0.05) is 0 Å². The van der Waals surface area contributed by atoms with Crippen LogP contribution in [0.25, 0.3) is 0 Å². The van der Waals surface area contributed by atoms with Crippen LogP contribution in [0.3, 0.4) is 0 Å². The molecule has 0 aromatic heterocycles. The van der Waals surface area contributed by atoms with Crippen LogP contribution in [0.1, 0.15) is 48.4 Å². The highest BCUT2D eigenvalue weighted by Crippen LogP contribution is 2.30. The third kappa shape index (κ3) is 3.75. The van der Waals surface area contributed by atoms with Crippen molar-refractivity contribution < 1.29 is 8.42 Å². The molecular formula is C19H25NO2S. The number of hydrogen-bond donors (Lipinski definition) is 1. The van der Waals surface area contributed by atoms with Gasteiger partial charge in [-0.2, -0.15) is 0 Å². The summed E-state index contributed by atoms with van der Waals surface area (Å²) in [5, 5.41) is 0. The molecule has 2 aromatic carbocycles. The highest BCUT2D eigenvalue weighted by molar-refractivity contribution is 7.92. The Morgan fingerprint density at radius 3 is 2.17 bits per heavy atom. The molecule has 0 bridgehead atoms. The van der Waals surface area contributed by atoms with E-state index in [-0.39, 0.29) is 0 Å². The fourth-order valence-corrected chi connectivity index (χ4v) is 4.57. The fraction of sp³-hybridized carbons (Fsp3) is 0.368. The maximum Gasteiger partial charge on any atom is 0.262 e. The van der Waals surface area contributed by atoms with Gasteiger partial charge in [-0.25, -0.2) is 8.42 Å². The van der Waals surface area contributed by atoms with Crippen molar-refractivity contribution in [1.29, 1.82) is 0 Å². The van der Waals surface area contributed by atoms with E-state index in [0.29, 0.717) is 16.5 Å². The predicted octanol–water partition coefficient (Wildman–Crippen LogP) is 4.93. The van der Waals surface area contributed by atoms with E-state index in [1.54, 1.807) is 0 Å². The maximum absolute atomic E-state index is 12.9. The zero-order valence-corrected chi connectivity index (χ0v) is 15.3. The Morgan fingerprint density at radius 1 is 1.04 bits per heavy atom. The Bertz CT molecular complexity index is 787. The summed E-state index contributed by atoms with van der Waals surface area (Å²) in [5.41, 5.74) is 4.31. The van der Waals surface area contributed by atoms with Crippen LogP contribution in [-0.2, 0) is 10.0 Å². The molecule has 0 spiro atoms. The quantitative estimate of drug-likeness (QED) is 0.844. The molecule has 0 fully saturated rings. The first-order chi connectivity index (χ1) is 10.8. The molecule has 0 aliphatic carbocycles. The van der Waals surface area contributed by atoms with Crippen LogP contribution in [0.5, 0.6) is 0 Å². The van der Waals surface area contributed by atoms with Gasteiger partial charge in [0.1, 0.15) is 0 Å². The molecule has 0 heterocycles. The highest BCUT2D eigenvalue weighted by atomic mass is 32.2. The number of sulfonamides is 1. The van der Waals surface area contributed by atoms with Crippen LogP contribution < -0.4 is 4.72 Å². The van der Waals surface area contributed by atoms with Crippen LogP contribution >= 0.6 is 0 Å². The molecule has 0 saturated heterocycles. The van der Waals surface area contributed by atoms with Crippen LogP contribution in [0.4, 0.5) is 5.69 Å². The second kappa shape index (κ2) is 6.75. The lowest BCUT2D eigenvalue weighted by Crippen LogP contribution is -2.17. The van der Waals surface area contributed by atoms with Crippen molar-refractivity contribution in [3.8, 4) is 0 Å². The molecule has 0 amide bonds. The molecule has 0 aliphatic rings. The summed E-state index contributed by atoms with van der Waals surface area (Å²) in [6.07, 6.45) is 0.960. The normalized spacial score (nSPS) is 12.9. The standard InChI is InChI=1S/C19H25NO2S/c1-6-14(3)17-9-7-8-10-18(17)20-23(21,22)19-15(4)11-13(2)12-16(19)5/h7-12,14,20H,6H2,1-5H3/t14-/m0/s1. The highest BCUT2D eigenvalue weighted by Gasteiger charge is 2.21. The predicted molar refractivity (Wildman–Crippen MR) is 96.6 cm³/mol. The molecule has 124 valence electrons. The van der Waals surface area contributed by atoms with Gasteiger partial charge in [-0.3, -0.25) is 4.72 Å². The molecule has 0 aliphatic heterocycles. The minimum atomic E-state index is -3.61. The van der Waals surface area contributed by atoms with E-state index in [2.05, 4.69) is 18.6 Å². The summed E-state index contributed by atoms with van der Waals surface area (Å²) in [6.45, 7) is 9.87. The van der Waals surface area contributed by atoms with Gasteiger partial charge in [0.25, 0.3) is 10.0 Å². The lowest BCUT2D eigenvalue weighted by molar-refractivity contribution is 0.600. The lowest BCUT2D eigenvalue weighted by Gasteiger charge is -2.18. The van der Waals surface area contributed by atoms with Gasteiger partial charge >= 0.3 is 0 Å². The molecule has 4 heteroatoms. The number of hydrogen-bond acceptors (Lipinski definition) is 2. The lowest BCUT2D eigenvalue weighted by atomic mass is 9.97. The minimum absolute atomic E-state index is 0.300. The van der Waals surface area contributed by atoms with Gasteiger partial charge in [0.05, 0.1) is 10.6 Å². The molecule has 3 nitrogen and oxygen atoms in total. The third-order valence-corrected chi connectivity index (χ3v) is 5.89. The molecule has 1 atom stereocenters. The number of para-hydroxylation sites is 1. The van der Waals surface area contributed by atoms with Gasteiger partial charge in [0.15, 0.2) is 0 Å². The number of anilines is 1. The average Bonchev–Trinajstić information content (AvgIpc) is 2.45. The first-order valence-corrected chi connectivity index (χ1v) is 9.44. The van der Waals surface area contributed by atoms with Crippen molar-refractivity contribution in [2.24, 2.45) is 0 Å². The van der Waals surface area contributed by atoms with Gasteiger partial charge in [-0.15, -0.1) is 0 Å². The zero-order valence-electron chi connectivity index (χ0n) is 14.5. The van der Waals surface area contributed by atoms with Crippen LogP contribution in [0.15, 0.2) is 41.3 Å². The van der Waals surface area contributed by atoms with E-state index in [1.165, 1.54) is 0 Å². The summed E-state index contributed by atoms with van der Waals surface area (Å²) in [6, 6.07) is 11.4. The summed E-state index contributed by atoms with van der Waals surface area (Å²) in [4.78, 5) is 0.377. The summed E-state index contributed by atoms with van der Waals surface area (Å²) < 4.78 is 28.6. The minimum Gasteiger partial charge on any atom is -0.279 e. The molecule has 1 N–H and O–H groups in total. The van der Waals surface area contributed by atoms with Crippen molar-refractivity contribution in [3.05, 3.63) is 58.7 Å². The van der Waals surface area contributed by atoms with Crippen molar-refractivity contribution in [3.63, 3.8) is 0 Å². The summed E-state index contributed by atoms with van der Waals surface area (Å²) >= 11 is 0. The van der Waals surface area contributed by atoms with Crippen molar-refractivity contribution in [2.75, 3.05) is 4.72 Å². The number of nitrogens with one attached hydrogen (secondary N) is 1. The third-order valence-electron chi connectivity index (χ3n) is 4.22. The first kappa shape index (κ1) is 17.5. The van der Waals surface area contributed by atoms with Gasteiger partial charge in [-0.05, 0) is 55.9 Å². The number of aryl methyl sites for hydroxylation is 3. The molecule has 23 heavy (non-hydrogen) atoms. The SMILES string of the molecule is CC[C@H](C)c1ccccc1NS(=O)(=O)c1c(C)cc(C)cc1C. The maximum atomic E-state index is 12.9. The van der Waals surface area contributed by atoms with E-state index in [1.807, 2.05) is 57.2 Å². The van der Waals surface area contributed by atoms with Crippen molar-refractivity contribution in [1.82, 2.24) is 0 Å². The van der Waals surface area contributed by atoms with Gasteiger partial charge < -0.3 is 0 Å². The smallest absolute Gasteiger partial charge is 0.262 e. The van der Waals surface area contributed by atoms with Crippen molar-refractivity contribution >= 4 is 15.7 Å². The van der Waals surface area contributed by atoms with Crippen LogP contribution in [0, 0.1) is 20.8 Å². The van der Waals surface area contributed by atoms with E-state index < -0.39 is 10.0 Å². The molecule has 2 aromatic rings. The summed E-state index contributed by atoms with van der Waals surface area (Å²) in [7, 11) is -3.61. The summed E-state index contributed by atoms with van der Waals surface area (Å²) in [5.74, 6) is 0.300. The first-order valence-electron chi connectivity index (χ1n) is 7.96. The zero-order chi connectivity index (χ0) is 17.2. The fourth-order valence-electron chi connectivity index (χ4n) is 3.03. The monoisotopic (exact) mass is 331 g/mol. The van der Waals surface area contributed by atoms with E-state index in [0.717, 1.165) is 28.7 Å². The van der Waals surface area contributed by atoms with E-state index >= 15 is 0 Å². The molecule has 2 rings (SSSR count). The molecular weight excluding hydrogens is 306 g/mol. The average molecular weight is 331 g/mol. The number of benzene rings is 2. The Morgan fingerprint density at radius 2 is 1.61 bits per heavy atom. The Kier molecular flexibility index (Phi) is 5.15. The number of rotatable bonds is 5. The molecule has 0 radical (unpaired) electrons. The Balaban J connectivity index is 2.49. The molecule has 0 saturated carbocycles.